The molecule has 2 heterocycles. The molecule has 1 unspecified atom stereocenters. The van der Waals surface area contributed by atoms with Crippen LogP contribution in [0.5, 0.6) is 0 Å². The van der Waals surface area contributed by atoms with Crippen LogP contribution < -0.4 is 0 Å². The molecule has 0 bridgehead atoms. The number of carbonyl (C=O) groups is 3. The lowest BCUT2D eigenvalue weighted by Crippen LogP contribution is -2.27. The summed E-state index contributed by atoms with van der Waals surface area (Å²) >= 11 is 0. The monoisotopic (exact) mass is 406 g/mol. The maximum Gasteiger partial charge on any atom is 0.339 e. The van der Waals surface area contributed by atoms with Crippen molar-refractivity contribution in [1.29, 1.82) is 0 Å². The molecule has 0 radical (unpaired) electrons. The quantitative estimate of drug-likeness (QED) is 0.318. The van der Waals surface area contributed by atoms with Crippen LogP contribution in [0.1, 0.15) is 50.4 Å². The fourth-order valence-corrected chi connectivity index (χ4v) is 3.12. The van der Waals surface area contributed by atoms with Gasteiger partial charge in [0.2, 0.25) is 5.78 Å². The average molecular weight is 406 g/mol. The fourth-order valence-electron chi connectivity index (χ4n) is 3.12. The molecule has 0 aliphatic carbocycles. The maximum atomic E-state index is 12.7. The van der Waals surface area contributed by atoms with Gasteiger partial charge in [-0.25, -0.2) is 4.79 Å². The van der Waals surface area contributed by atoms with Gasteiger partial charge >= 0.3 is 17.6 Å². The van der Waals surface area contributed by atoms with Crippen LogP contribution in [0.25, 0.3) is 0 Å². The Morgan fingerprint density at radius 3 is 2.38 bits per heavy atom. The molecule has 0 aliphatic rings. The summed E-state index contributed by atoms with van der Waals surface area (Å²) < 4.78 is 11.0. The highest BCUT2D eigenvalue weighted by Gasteiger charge is 2.28. The van der Waals surface area contributed by atoms with Gasteiger partial charge in [-0.2, -0.15) is 5.10 Å². The van der Waals surface area contributed by atoms with Crippen LogP contribution in [-0.2, 0) is 20.8 Å². The summed E-state index contributed by atoms with van der Waals surface area (Å²) in [6.45, 7) is 7.17. The molecule has 0 aliphatic heterocycles. The van der Waals surface area contributed by atoms with Crippen molar-refractivity contribution in [2.75, 3.05) is 7.11 Å². The molecule has 156 valence electrons. The van der Waals surface area contributed by atoms with Crippen LogP contribution in [-0.4, -0.2) is 50.6 Å². The highest BCUT2D eigenvalue weighted by molar-refractivity contribution is 6.03. The van der Waals surface area contributed by atoms with Gasteiger partial charge in [-0.1, -0.05) is 0 Å². The Morgan fingerprint density at radius 1 is 1.24 bits per heavy atom. The topological polar surface area (TPSA) is 146 Å². The van der Waals surface area contributed by atoms with Crippen LogP contribution in [0, 0.1) is 37.8 Å². The number of H-pyrrole nitrogens is 1. The largest absolute Gasteiger partial charge is 0.465 e. The fraction of sp³-hybridized carbons (Fsp3) is 0.444. The number of nitrogens with zero attached hydrogens (tertiary/aromatic N) is 3. The Hall–Kier alpha value is -3.50. The normalized spacial score (nSPS) is 11.8. The predicted molar refractivity (Wildman–Crippen MR) is 99.8 cm³/mol. The van der Waals surface area contributed by atoms with Gasteiger partial charge < -0.3 is 14.5 Å². The summed E-state index contributed by atoms with van der Waals surface area (Å²) in [7, 11) is 1.24. The Bertz CT molecular complexity index is 1000. The van der Waals surface area contributed by atoms with Crippen molar-refractivity contribution < 1.29 is 28.8 Å². The number of ether oxygens (including phenoxy) is 2. The highest BCUT2D eigenvalue weighted by atomic mass is 16.6. The summed E-state index contributed by atoms with van der Waals surface area (Å²) in [5, 5.41) is 15.0. The lowest BCUT2D eigenvalue weighted by molar-refractivity contribution is -0.386. The van der Waals surface area contributed by atoms with Crippen molar-refractivity contribution in [3.05, 3.63) is 44.0 Å². The lowest BCUT2D eigenvalue weighted by Gasteiger charge is -2.12. The summed E-state index contributed by atoms with van der Waals surface area (Å²) in [5.41, 5.74) is 1.48. The van der Waals surface area contributed by atoms with Gasteiger partial charge in [0.25, 0.3) is 0 Å². The predicted octanol–water partition coefficient (Wildman–Crippen LogP) is 1.95. The minimum Gasteiger partial charge on any atom is -0.465 e. The molecule has 29 heavy (non-hydrogen) atoms. The second kappa shape index (κ2) is 8.25. The molecule has 0 aromatic carbocycles. The van der Waals surface area contributed by atoms with E-state index in [1.807, 2.05) is 0 Å². The first-order chi connectivity index (χ1) is 13.5. The van der Waals surface area contributed by atoms with Crippen molar-refractivity contribution >= 4 is 23.4 Å². The van der Waals surface area contributed by atoms with E-state index in [1.54, 1.807) is 13.8 Å². The first kappa shape index (κ1) is 21.8. The van der Waals surface area contributed by atoms with E-state index in [4.69, 9.17) is 9.47 Å². The zero-order valence-corrected chi connectivity index (χ0v) is 17.0. The van der Waals surface area contributed by atoms with Gasteiger partial charge in [-0.15, -0.1) is 0 Å². The molecule has 0 fully saturated rings. The number of aryl methyl sites for hydroxylation is 2. The van der Waals surface area contributed by atoms with E-state index in [1.165, 1.54) is 27.9 Å². The summed E-state index contributed by atoms with van der Waals surface area (Å²) in [6.07, 6.45) is -1.14. The SMILES string of the molecule is COC(=O)c1c(C)[nH]c(C(=O)C(C)OC(=O)Cn2nc(C)c([N+](=O)[O-])c2C)c1C. The number of Topliss-reactive ketones (excluding diaryl/α,β-unsaturated/α-hetero) is 1. The number of hydrogen-bond acceptors (Lipinski definition) is 8. The van der Waals surface area contributed by atoms with Crippen LogP contribution in [0.3, 0.4) is 0 Å². The molecule has 11 heteroatoms. The van der Waals surface area contributed by atoms with Gasteiger partial charge in [0.05, 0.1) is 23.3 Å². The number of ketones is 1. The molecule has 0 spiro atoms. The van der Waals surface area contributed by atoms with Crippen LogP contribution >= 0.6 is 0 Å². The van der Waals surface area contributed by atoms with E-state index >= 15 is 0 Å². The zero-order chi connectivity index (χ0) is 22.0. The van der Waals surface area contributed by atoms with Crippen LogP contribution in [0.4, 0.5) is 5.69 Å². The smallest absolute Gasteiger partial charge is 0.339 e. The lowest BCUT2D eigenvalue weighted by atomic mass is 10.1. The molecule has 1 atom stereocenters. The maximum absolute atomic E-state index is 12.7. The summed E-state index contributed by atoms with van der Waals surface area (Å²) in [5.74, 6) is -1.88. The number of nitrogens with one attached hydrogen (secondary N) is 1. The molecule has 2 aromatic rings. The van der Waals surface area contributed by atoms with E-state index < -0.39 is 28.7 Å². The number of esters is 2. The van der Waals surface area contributed by atoms with E-state index in [-0.39, 0.29) is 34.9 Å². The molecule has 2 aromatic heterocycles. The molecular weight excluding hydrogens is 384 g/mol. The number of carbonyl (C=O) groups excluding carboxylic acids is 3. The van der Waals surface area contributed by atoms with Crippen molar-refractivity contribution in [2.45, 2.75) is 47.3 Å². The average Bonchev–Trinajstić information content (AvgIpc) is 3.08. The number of rotatable bonds is 7. The molecule has 2 rings (SSSR count). The Morgan fingerprint density at radius 2 is 1.86 bits per heavy atom. The number of aromatic nitrogens is 3. The van der Waals surface area contributed by atoms with E-state index in [9.17, 15) is 24.5 Å². The summed E-state index contributed by atoms with van der Waals surface area (Å²) in [6, 6.07) is 0. The molecule has 1 N–H and O–H groups in total. The third-order valence-corrected chi connectivity index (χ3v) is 4.56. The Kier molecular flexibility index (Phi) is 6.20. The summed E-state index contributed by atoms with van der Waals surface area (Å²) in [4.78, 5) is 50.1. The third kappa shape index (κ3) is 4.18. The number of hydrogen-bond donors (Lipinski definition) is 1. The Labute approximate surface area is 166 Å². The van der Waals surface area contributed by atoms with Gasteiger partial charge in [-0.05, 0) is 40.2 Å². The third-order valence-electron chi connectivity index (χ3n) is 4.56. The molecule has 0 saturated carbocycles. The molecule has 11 nitrogen and oxygen atoms in total. The van der Waals surface area contributed by atoms with Gasteiger partial charge in [-0.3, -0.25) is 24.4 Å². The van der Waals surface area contributed by atoms with Crippen LogP contribution in [0.15, 0.2) is 0 Å². The van der Waals surface area contributed by atoms with Crippen molar-refractivity contribution in [3.8, 4) is 0 Å². The zero-order valence-electron chi connectivity index (χ0n) is 17.0. The van der Waals surface area contributed by atoms with Gasteiger partial charge in [0.1, 0.15) is 17.9 Å². The second-order valence-electron chi connectivity index (χ2n) is 6.55. The van der Waals surface area contributed by atoms with Gasteiger partial charge in [0, 0.05) is 5.69 Å². The minimum atomic E-state index is -1.14. The van der Waals surface area contributed by atoms with E-state index in [2.05, 4.69) is 10.1 Å². The molecule has 0 amide bonds. The first-order valence-electron chi connectivity index (χ1n) is 8.69. The van der Waals surface area contributed by atoms with Crippen molar-refractivity contribution in [1.82, 2.24) is 14.8 Å². The standard InChI is InChI=1S/C18H22N4O7/c1-8-14(18(25)28-6)9(2)19-15(8)17(24)12(5)29-13(23)7-21-11(4)16(22(26)27)10(3)20-21/h12,19H,7H2,1-6H3. The first-order valence-corrected chi connectivity index (χ1v) is 8.69. The molecular formula is C18H22N4O7. The minimum absolute atomic E-state index is 0.143. The van der Waals surface area contributed by atoms with Crippen molar-refractivity contribution in [3.63, 3.8) is 0 Å². The van der Waals surface area contributed by atoms with E-state index in [0.29, 0.717) is 11.3 Å². The van der Waals surface area contributed by atoms with E-state index in [0.717, 1.165) is 4.68 Å². The number of aromatic amines is 1. The second-order valence-corrected chi connectivity index (χ2v) is 6.55. The Balaban J connectivity index is 2.15. The number of methoxy groups -OCH3 is 1. The number of nitro groups is 1. The highest BCUT2D eigenvalue weighted by Crippen LogP contribution is 2.23. The van der Waals surface area contributed by atoms with Crippen LogP contribution in [0.2, 0.25) is 0 Å². The van der Waals surface area contributed by atoms with Gasteiger partial charge in [0.15, 0.2) is 6.10 Å². The van der Waals surface area contributed by atoms with Crippen molar-refractivity contribution in [2.24, 2.45) is 0 Å². The molecule has 0 saturated heterocycles.